The zero-order valence-electron chi connectivity index (χ0n) is 10.6. The molecule has 0 atom stereocenters. The standard InChI is InChI=1S/C13H19NO2S.ClH/c1-17(15,16)13-4-2-11(3-5-13)10-12-6-8-14-9-7-12;/h2-5,12,14H,6-10H2,1H3;1H. The topological polar surface area (TPSA) is 46.2 Å². The van der Waals surface area contributed by atoms with Crippen LogP contribution in [-0.2, 0) is 16.3 Å². The van der Waals surface area contributed by atoms with Crippen LogP contribution in [0.4, 0.5) is 0 Å². The van der Waals surface area contributed by atoms with Gasteiger partial charge in [0.05, 0.1) is 4.90 Å². The van der Waals surface area contributed by atoms with Gasteiger partial charge in [-0.1, -0.05) is 12.1 Å². The Kier molecular flexibility index (Phi) is 5.63. The first-order valence-electron chi connectivity index (χ1n) is 6.05. The van der Waals surface area contributed by atoms with Crippen LogP contribution < -0.4 is 5.32 Å². The van der Waals surface area contributed by atoms with Crippen LogP contribution in [0.5, 0.6) is 0 Å². The fraction of sp³-hybridized carbons (Fsp3) is 0.538. The van der Waals surface area contributed by atoms with Gasteiger partial charge in [0.25, 0.3) is 0 Å². The van der Waals surface area contributed by atoms with Crippen molar-refractivity contribution >= 4 is 22.2 Å². The molecule has 1 saturated heterocycles. The second-order valence-corrected chi connectivity index (χ2v) is 6.83. The Labute approximate surface area is 115 Å². The molecule has 1 heterocycles. The van der Waals surface area contributed by atoms with E-state index in [1.54, 1.807) is 12.1 Å². The largest absolute Gasteiger partial charge is 0.317 e. The van der Waals surface area contributed by atoms with Gasteiger partial charge in [0.2, 0.25) is 0 Å². The average molecular weight is 290 g/mol. The molecule has 1 aliphatic heterocycles. The maximum absolute atomic E-state index is 11.3. The molecule has 0 amide bonds. The van der Waals surface area contributed by atoms with Crippen molar-refractivity contribution in [3.05, 3.63) is 29.8 Å². The lowest BCUT2D eigenvalue weighted by Crippen LogP contribution is -2.28. The van der Waals surface area contributed by atoms with E-state index in [-0.39, 0.29) is 12.4 Å². The average Bonchev–Trinajstić information content (AvgIpc) is 2.30. The van der Waals surface area contributed by atoms with Crippen LogP contribution in [0.25, 0.3) is 0 Å². The third-order valence-corrected chi connectivity index (χ3v) is 4.46. The van der Waals surface area contributed by atoms with Gasteiger partial charge >= 0.3 is 0 Å². The summed E-state index contributed by atoms with van der Waals surface area (Å²) >= 11 is 0. The second kappa shape index (κ2) is 6.55. The fourth-order valence-corrected chi connectivity index (χ4v) is 2.92. The highest BCUT2D eigenvalue weighted by molar-refractivity contribution is 7.90. The zero-order valence-corrected chi connectivity index (χ0v) is 12.2. The minimum absolute atomic E-state index is 0. The maximum Gasteiger partial charge on any atom is 0.175 e. The molecule has 1 aromatic carbocycles. The second-order valence-electron chi connectivity index (χ2n) is 4.81. The van der Waals surface area contributed by atoms with Gasteiger partial charge in [0.15, 0.2) is 9.84 Å². The van der Waals surface area contributed by atoms with E-state index in [1.165, 1.54) is 24.7 Å². The third kappa shape index (κ3) is 4.26. The SMILES string of the molecule is CS(=O)(=O)c1ccc(CC2CCNCC2)cc1.Cl. The zero-order chi connectivity index (χ0) is 12.3. The van der Waals surface area contributed by atoms with Crippen molar-refractivity contribution in [2.24, 2.45) is 5.92 Å². The molecule has 1 aromatic rings. The molecule has 1 fully saturated rings. The summed E-state index contributed by atoms with van der Waals surface area (Å²) in [5.41, 5.74) is 1.24. The van der Waals surface area contributed by atoms with Crippen LogP contribution in [0, 0.1) is 5.92 Å². The van der Waals surface area contributed by atoms with Crippen molar-refractivity contribution in [1.29, 1.82) is 0 Å². The number of hydrogen-bond donors (Lipinski definition) is 1. The molecule has 5 heteroatoms. The van der Waals surface area contributed by atoms with E-state index in [4.69, 9.17) is 0 Å². The molecule has 18 heavy (non-hydrogen) atoms. The quantitative estimate of drug-likeness (QED) is 0.926. The molecule has 0 aromatic heterocycles. The first kappa shape index (κ1) is 15.5. The Hall–Kier alpha value is -0.580. The highest BCUT2D eigenvalue weighted by Crippen LogP contribution is 2.19. The van der Waals surface area contributed by atoms with Gasteiger partial charge in [0, 0.05) is 6.26 Å². The lowest BCUT2D eigenvalue weighted by Gasteiger charge is -2.22. The van der Waals surface area contributed by atoms with Gasteiger partial charge in [-0.3, -0.25) is 0 Å². The molecule has 102 valence electrons. The molecule has 0 spiro atoms. The third-order valence-electron chi connectivity index (χ3n) is 3.33. The molecular weight excluding hydrogens is 270 g/mol. The van der Waals surface area contributed by atoms with Crippen LogP contribution in [-0.4, -0.2) is 27.8 Å². The lowest BCUT2D eigenvalue weighted by atomic mass is 9.91. The minimum atomic E-state index is -3.06. The van der Waals surface area contributed by atoms with Gasteiger partial charge in [0.1, 0.15) is 0 Å². The number of halogens is 1. The number of sulfone groups is 1. The first-order valence-corrected chi connectivity index (χ1v) is 7.94. The molecule has 0 aliphatic carbocycles. The van der Waals surface area contributed by atoms with Crippen LogP contribution in [0.3, 0.4) is 0 Å². The first-order chi connectivity index (χ1) is 8.05. The van der Waals surface area contributed by atoms with Crippen molar-refractivity contribution in [2.45, 2.75) is 24.2 Å². The summed E-state index contributed by atoms with van der Waals surface area (Å²) < 4.78 is 22.7. The van der Waals surface area contributed by atoms with E-state index in [1.807, 2.05) is 12.1 Å². The fourth-order valence-electron chi connectivity index (χ4n) is 2.29. The smallest absolute Gasteiger partial charge is 0.175 e. The Morgan fingerprint density at radius 2 is 1.72 bits per heavy atom. The van der Waals surface area contributed by atoms with Gasteiger partial charge in [-0.05, 0) is 56.0 Å². The summed E-state index contributed by atoms with van der Waals surface area (Å²) in [6, 6.07) is 7.31. The van der Waals surface area contributed by atoms with E-state index in [9.17, 15) is 8.42 Å². The molecule has 1 aliphatic rings. The maximum atomic E-state index is 11.3. The molecule has 0 unspecified atom stereocenters. The van der Waals surface area contributed by atoms with Crippen molar-refractivity contribution < 1.29 is 8.42 Å². The Bertz CT molecular complexity index is 464. The van der Waals surface area contributed by atoms with Crippen molar-refractivity contribution in [1.82, 2.24) is 5.32 Å². The summed E-state index contributed by atoms with van der Waals surface area (Å²) in [6.45, 7) is 2.21. The van der Waals surface area contributed by atoms with E-state index >= 15 is 0 Å². The summed E-state index contributed by atoms with van der Waals surface area (Å²) in [4.78, 5) is 0.409. The van der Waals surface area contributed by atoms with E-state index in [2.05, 4.69) is 5.32 Å². The van der Waals surface area contributed by atoms with Crippen molar-refractivity contribution in [2.75, 3.05) is 19.3 Å². The molecule has 1 N–H and O–H groups in total. The van der Waals surface area contributed by atoms with Gasteiger partial charge in [-0.2, -0.15) is 0 Å². The summed E-state index contributed by atoms with van der Waals surface area (Å²) in [7, 11) is -3.06. The highest BCUT2D eigenvalue weighted by Gasteiger charge is 2.14. The van der Waals surface area contributed by atoms with Crippen LogP contribution in [0.15, 0.2) is 29.2 Å². The van der Waals surface area contributed by atoms with Crippen LogP contribution in [0.1, 0.15) is 18.4 Å². The predicted octanol–water partition coefficient (Wildman–Crippen LogP) is 2.05. The Morgan fingerprint density at radius 3 is 2.22 bits per heavy atom. The number of piperidine rings is 1. The molecule has 0 saturated carbocycles. The normalized spacial score (nSPS) is 17.2. The molecule has 3 nitrogen and oxygen atoms in total. The molecule has 0 bridgehead atoms. The molecular formula is C13H20ClNO2S. The summed E-state index contributed by atoms with van der Waals surface area (Å²) in [6.07, 6.45) is 4.74. The van der Waals surface area contributed by atoms with Gasteiger partial charge in [-0.25, -0.2) is 8.42 Å². The van der Waals surface area contributed by atoms with Crippen LogP contribution >= 0.6 is 12.4 Å². The number of nitrogens with one attached hydrogen (secondary N) is 1. The van der Waals surface area contributed by atoms with E-state index < -0.39 is 9.84 Å². The van der Waals surface area contributed by atoms with Crippen LogP contribution in [0.2, 0.25) is 0 Å². The number of benzene rings is 1. The lowest BCUT2D eigenvalue weighted by molar-refractivity contribution is 0.372. The van der Waals surface area contributed by atoms with E-state index in [0.717, 1.165) is 25.4 Å². The monoisotopic (exact) mass is 289 g/mol. The minimum Gasteiger partial charge on any atom is -0.317 e. The van der Waals surface area contributed by atoms with Crippen molar-refractivity contribution in [3.8, 4) is 0 Å². The van der Waals surface area contributed by atoms with E-state index in [0.29, 0.717) is 4.90 Å². The number of hydrogen-bond acceptors (Lipinski definition) is 3. The Balaban J connectivity index is 0.00000162. The molecule has 2 rings (SSSR count). The number of rotatable bonds is 3. The van der Waals surface area contributed by atoms with Crippen molar-refractivity contribution in [3.63, 3.8) is 0 Å². The Morgan fingerprint density at radius 1 is 1.17 bits per heavy atom. The highest BCUT2D eigenvalue weighted by atomic mass is 35.5. The van der Waals surface area contributed by atoms with Gasteiger partial charge < -0.3 is 5.32 Å². The van der Waals surface area contributed by atoms with Gasteiger partial charge in [-0.15, -0.1) is 12.4 Å². The summed E-state index contributed by atoms with van der Waals surface area (Å²) in [5.74, 6) is 0.736. The predicted molar refractivity (Wildman–Crippen MR) is 76.1 cm³/mol. The summed E-state index contributed by atoms with van der Waals surface area (Å²) in [5, 5.41) is 3.35. The molecule has 0 radical (unpaired) electrons.